The maximum absolute atomic E-state index is 10.1. The fourth-order valence-electron chi connectivity index (χ4n) is 0.342. The van der Waals surface area contributed by atoms with E-state index in [4.69, 9.17) is 33.4 Å². The Morgan fingerprint density at radius 2 is 1.58 bits per heavy atom. The maximum Gasteiger partial charge on any atom is 0.347 e. The van der Waals surface area contributed by atoms with Gasteiger partial charge in [0.2, 0.25) is 0 Å². The lowest BCUT2D eigenvalue weighted by Gasteiger charge is -1.88. The molecule has 0 saturated heterocycles. The van der Waals surface area contributed by atoms with Crippen molar-refractivity contribution < 1.29 is 19.8 Å². The summed E-state index contributed by atoms with van der Waals surface area (Å²) in [5, 5.41) is 15.6. The summed E-state index contributed by atoms with van der Waals surface area (Å²) in [5.74, 6) is -2.64. The molecule has 0 spiro atoms. The standard InChI is InChI=1S/C6H4Cl2O4/c7-3(2-5(9)10)1-4(8)6(11)12/h1-2H,(H,9,10)(H,11,12)/b3-2-,4-1-. The first-order valence-electron chi connectivity index (χ1n) is 2.64. The van der Waals surface area contributed by atoms with Crippen LogP contribution in [0.2, 0.25) is 0 Å². The first kappa shape index (κ1) is 11.0. The molecule has 0 bridgehead atoms. The summed E-state index contributed by atoms with van der Waals surface area (Å²) in [5.41, 5.74) is 0. The van der Waals surface area contributed by atoms with Crippen LogP contribution in [0.4, 0.5) is 0 Å². The van der Waals surface area contributed by atoms with Crippen LogP contribution in [-0.2, 0) is 9.59 Å². The third kappa shape index (κ3) is 4.76. The molecule has 0 radical (unpaired) electrons. The van der Waals surface area contributed by atoms with E-state index >= 15 is 0 Å². The molecule has 0 aliphatic carbocycles. The van der Waals surface area contributed by atoms with Gasteiger partial charge in [-0.2, -0.15) is 0 Å². The van der Waals surface area contributed by atoms with E-state index in [1.54, 1.807) is 0 Å². The lowest BCUT2D eigenvalue weighted by atomic mass is 10.4. The Hall–Kier alpha value is -1.00. The van der Waals surface area contributed by atoms with Crippen LogP contribution >= 0.6 is 23.2 Å². The quantitative estimate of drug-likeness (QED) is 0.546. The van der Waals surface area contributed by atoms with Crippen LogP contribution in [0.3, 0.4) is 0 Å². The SMILES string of the molecule is O=C(O)/C=C(Cl)/C=C(\Cl)C(=O)O. The van der Waals surface area contributed by atoms with E-state index < -0.39 is 17.0 Å². The summed E-state index contributed by atoms with van der Waals surface area (Å²) >= 11 is 10.4. The van der Waals surface area contributed by atoms with E-state index in [1.165, 1.54) is 0 Å². The Kier molecular flexibility index (Phi) is 4.39. The second kappa shape index (κ2) is 4.79. The topological polar surface area (TPSA) is 74.6 Å². The van der Waals surface area contributed by atoms with Crippen molar-refractivity contribution in [2.75, 3.05) is 0 Å². The second-order valence-electron chi connectivity index (χ2n) is 1.66. The third-order valence-electron chi connectivity index (χ3n) is 0.730. The number of hydrogen-bond acceptors (Lipinski definition) is 2. The van der Waals surface area contributed by atoms with Gasteiger partial charge in [0, 0.05) is 11.1 Å². The molecule has 6 heteroatoms. The summed E-state index contributed by atoms with van der Waals surface area (Å²) in [6.07, 6.45) is 1.46. The molecule has 0 saturated carbocycles. The van der Waals surface area contributed by atoms with Crippen molar-refractivity contribution in [2.45, 2.75) is 0 Å². The van der Waals surface area contributed by atoms with Crippen LogP contribution in [0.25, 0.3) is 0 Å². The number of rotatable bonds is 3. The molecule has 0 fully saturated rings. The van der Waals surface area contributed by atoms with Crippen LogP contribution < -0.4 is 0 Å². The van der Waals surface area contributed by atoms with Crippen molar-refractivity contribution in [1.82, 2.24) is 0 Å². The molecule has 0 heterocycles. The zero-order chi connectivity index (χ0) is 9.72. The summed E-state index contributed by atoms with van der Waals surface area (Å²) in [7, 11) is 0. The summed E-state index contributed by atoms with van der Waals surface area (Å²) in [4.78, 5) is 20.1. The first-order valence-corrected chi connectivity index (χ1v) is 3.39. The molecular weight excluding hydrogens is 207 g/mol. The second-order valence-corrected chi connectivity index (χ2v) is 2.51. The maximum atomic E-state index is 10.1. The van der Waals surface area contributed by atoms with Crippen LogP contribution in [0.15, 0.2) is 22.2 Å². The zero-order valence-electron chi connectivity index (χ0n) is 5.62. The Labute approximate surface area is 77.7 Å². The number of halogens is 2. The van der Waals surface area contributed by atoms with E-state index in [2.05, 4.69) is 0 Å². The van der Waals surface area contributed by atoms with Crippen molar-refractivity contribution >= 4 is 35.1 Å². The van der Waals surface area contributed by atoms with Gasteiger partial charge >= 0.3 is 11.9 Å². The minimum atomic E-state index is -1.37. The van der Waals surface area contributed by atoms with Crippen molar-refractivity contribution in [2.24, 2.45) is 0 Å². The smallest absolute Gasteiger partial charge is 0.347 e. The number of aliphatic carboxylic acids is 2. The highest BCUT2D eigenvalue weighted by Crippen LogP contribution is 2.10. The molecule has 0 aliphatic rings. The van der Waals surface area contributed by atoms with Crippen LogP contribution in [0.1, 0.15) is 0 Å². The highest BCUT2D eigenvalue weighted by Gasteiger charge is 2.03. The molecule has 4 nitrogen and oxygen atoms in total. The van der Waals surface area contributed by atoms with Gasteiger partial charge in [-0.05, 0) is 6.08 Å². The van der Waals surface area contributed by atoms with Crippen molar-refractivity contribution in [3.05, 3.63) is 22.2 Å². The van der Waals surface area contributed by atoms with Gasteiger partial charge in [0.05, 0.1) is 0 Å². The molecule has 0 aromatic rings. The Morgan fingerprint density at radius 1 is 1.08 bits per heavy atom. The van der Waals surface area contributed by atoms with E-state index in [9.17, 15) is 9.59 Å². The van der Waals surface area contributed by atoms with E-state index in [1.807, 2.05) is 0 Å². The molecule has 0 atom stereocenters. The molecule has 0 unspecified atom stereocenters. The van der Waals surface area contributed by atoms with Crippen molar-refractivity contribution in [3.63, 3.8) is 0 Å². The molecule has 66 valence electrons. The van der Waals surface area contributed by atoms with Crippen molar-refractivity contribution in [3.8, 4) is 0 Å². The normalized spacial score (nSPS) is 12.8. The fraction of sp³-hybridized carbons (Fsp3) is 0. The van der Waals surface area contributed by atoms with Gasteiger partial charge in [0.25, 0.3) is 0 Å². The van der Waals surface area contributed by atoms with E-state index in [0.29, 0.717) is 6.08 Å². The predicted molar refractivity (Wildman–Crippen MR) is 43.1 cm³/mol. The molecule has 0 amide bonds. The predicted octanol–water partition coefficient (Wildman–Crippen LogP) is 1.40. The minimum absolute atomic E-state index is 0.255. The Balaban J connectivity index is 4.54. The van der Waals surface area contributed by atoms with Gasteiger partial charge in [-0.15, -0.1) is 0 Å². The van der Waals surface area contributed by atoms with Gasteiger partial charge < -0.3 is 10.2 Å². The van der Waals surface area contributed by atoms with Crippen LogP contribution in [0, 0.1) is 0 Å². The zero-order valence-corrected chi connectivity index (χ0v) is 7.13. The van der Waals surface area contributed by atoms with Crippen molar-refractivity contribution in [1.29, 1.82) is 0 Å². The lowest BCUT2D eigenvalue weighted by molar-refractivity contribution is -0.132. The molecule has 2 N–H and O–H groups in total. The Bertz CT molecular complexity index is 267. The number of carbonyl (C=O) groups is 2. The molecule has 12 heavy (non-hydrogen) atoms. The van der Waals surface area contributed by atoms with Crippen LogP contribution in [-0.4, -0.2) is 22.2 Å². The van der Waals surface area contributed by atoms with Gasteiger partial charge in [0.1, 0.15) is 5.03 Å². The Morgan fingerprint density at radius 3 is 1.92 bits per heavy atom. The third-order valence-corrected chi connectivity index (χ3v) is 1.22. The molecule has 0 aromatic heterocycles. The highest BCUT2D eigenvalue weighted by atomic mass is 35.5. The average Bonchev–Trinajstić information content (AvgIpc) is 1.84. The van der Waals surface area contributed by atoms with E-state index in [-0.39, 0.29) is 5.03 Å². The lowest BCUT2D eigenvalue weighted by Crippen LogP contribution is -1.94. The number of carboxylic acids is 2. The number of allylic oxidation sites excluding steroid dienone is 2. The average molecular weight is 211 g/mol. The summed E-state index contributed by atoms with van der Waals surface area (Å²) in [6.45, 7) is 0. The fourth-order valence-corrected chi connectivity index (χ4v) is 0.718. The largest absolute Gasteiger partial charge is 0.478 e. The van der Waals surface area contributed by atoms with Gasteiger partial charge in [-0.1, -0.05) is 23.2 Å². The summed E-state index contributed by atoms with van der Waals surface area (Å²) in [6, 6.07) is 0. The molecule has 0 rings (SSSR count). The van der Waals surface area contributed by atoms with Gasteiger partial charge in [-0.3, -0.25) is 0 Å². The molecule has 0 aliphatic heterocycles. The molecular formula is C6H4Cl2O4. The first-order chi connectivity index (χ1) is 5.43. The monoisotopic (exact) mass is 210 g/mol. The molecule has 0 aromatic carbocycles. The van der Waals surface area contributed by atoms with Gasteiger partial charge in [0.15, 0.2) is 0 Å². The van der Waals surface area contributed by atoms with E-state index in [0.717, 1.165) is 6.08 Å². The van der Waals surface area contributed by atoms with Crippen LogP contribution in [0.5, 0.6) is 0 Å². The van der Waals surface area contributed by atoms with Gasteiger partial charge in [-0.25, -0.2) is 9.59 Å². The number of hydrogen-bond donors (Lipinski definition) is 2. The summed E-state index contributed by atoms with van der Waals surface area (Å²) < 4.78 is 0. The number of carboxylic acid groups (broad SMARTS) is 2. The highest BCUT2D eigenvalue weighted by molar-refractivity contribution is 6.42. The minimum Gasteiger partial charge on any atom is -0.478 e.